The molecule has 0 saturated carbocycles. The Labute approximate surface area is 173 Å². The van der Waals surface area contributed by atoms with Gasteiger partial charge >= 0.3 is 18.3 Å². The van der Waals surface area contributed by atoms with Gasteiger partial charge in [0.2, 0.25) is 12.3 Å². The fourth-order valence-corrected chi connectivity index (χ4v) is 2.62. The molecule has 0 aliphatic carbocycles. The highest BCUT2D eigenvalue weighted by molar-refractivity contribution is 6.31. The quantitative estimate of drug-likeness (QED) is 0.426. The predicted octanol–water partition coefficient (Wildman–Crippen LogP) is 3.92. The number of benzene rings is 2. The number of hydroxylamine groups is 1. The molecule has 0 fully saturated rings. The number of likely N-dealkylation sites (N-methyl/N-ethyl adjacent to an activating group) is 1. The average Bonchev–Trinajstić information content (AvgIpc) is 2.84. The first kappa shape index (κ1) is 23.1. The molecule has 0 bridgehead atoms. The number of hydrogen-bond acceptors (Lipinski definition) is 4. The molecule has 1 aliphatic rings. The molecule has 2 N–H and O–H groups in total. The van der Waals surface area contributed by atoms with Crippen LogP contribution in [0.4, 0.5) is 23.2 Å². The lowest BCUT2D eigenvalue weighted by Crippen LogP contribution is -2.35. The van der Waals surface area contributed by atoms with Crippen molar-refractivity contribution in [3.8, 4) is 0 Å². The van der Waals surface area contributed by atoms with Crippen LogP contribution in [0.3, 0.4) is 0 Å². The number of fused-ring (bicyclic) bond motifs is 1. The molecule has 2 aromatic rings. The lowest BCUT2D eigenvalue weighted by molar-refractivity contribution is -0.439. The van der Waals surface area contributed by atoms with Crippen LogP contribution in [0.25, 0.3) is 0 Å². The fraction of sp³-hybridized carbons (Fsp3) is 0.211. The largest absolute Gasteiger partial charge is 0.623 e. The molecule has 1 heterocycles. The minimum absolute atomic E-state index is 0.174. The van der Waals surface area contributed by atoms with Crippen molar-refractivity contribution >= 4 is 34.8 Å². The molecule has 30 heavy (non-hydrogen) atoms. The predicted molar refractivity (Wildman–Crippen MR) is 104 cm³/mol. The summed E-state index contributed by atoms with van der Waals surface area (Å²) in [6, 6.07) is 15.0. The van der Waals surface area contributed by atoms with Crippen LogP contribution in [-0.2, 0) is 4.79 Å². The first-order valence-electron chi connectivity index (χ1n) is 8.39. The Morgan fingerprint density at radius 1 is 1.27 bits per heavy atom. The van der Waals surface area contributed by atoms with E-state index in [1.54, 1.807) is 19.2 Å². The zero-order valence-electron chi connectivity index (χ0n) is 15.5. The van der Waals surface area contributed by atoms with Gasteiger partial charge in [0.05, 0.1) is 11.3 Å². The van der Waals surface area contributed by atoms with E-state index in [1.807, 2.05) is 36.4 Å². The number of hydrogen-bond donors (Lipinski definition) is 2. The minimum atomic E-state index is -4.92. The van der Waals surface area contributed by atoms with E-state index in [4.69, 9.17) is 16.7 Å². The summed E-state index contributed by atoms with van der Waals surface area (Å²) >= 11 is 6.10. The molecule has 6 nitrogen and oxygen atoms in total. The Hall–Kier alpha value is -3.14. The molecule has 11 heteroatoms. The Morgan fingerprint density at radius 2 is 1.90 bits per heavy atom. The summed E-state index contributed by atoms with van der Waals surface area (Å²) in [5.74, 6) is -7.10. The Balaban J connectivity index is 0.000000303. The first-order valence-corrected chi connectivity index (χ1v) is 8.77. The highest BCUT2D eigenvalue weighted by Crippen LogP contribution is 2.28. The summed E-state index contributed by atoms with van der Waals surface area (Å²) in [5.41, 5.74) is 2.92. The van der Waals surface area contributed by atoms with Gasteiger partial charge < -0.3 is 15.6 Å². The normalized spacial score (nSPS) is 13.6. The smallest absolute Gasteiger partial charge is 0.401 e. The van der Waals surface area contributed by atoms with E-state index in [-0.39, 0.29) is 6.54 Å². The molecule has 3 rings (SSSR count). The highest BCUT2D eigenvalue weighted by atomic mass is 35.5. The first-order chi connectivity index (χ1) is 14.1. The molecule has 0 amide bonds. The van der Waals surface area contributed by atoms with Gasteiger partial charge in [0.15, 0.2) is 5.84 Å². The van der Waals surface area contributed by atoms with Crippen molar-refractivity contribution in [1.82, 2.24) is 5.32 Å². The molecule has 2 aromatic carbocycles. The number of nitrogens with zero attached hydrogens (tertiary/aromatic N) is 2. The number of amidine groups is 1. The van der Waals surface area contributed by atoms with Crippen molar-refractivity contribution in [3.05, 3.63) is 69.9 Å². The average molecular weight is 446 g/mol. The second kappa shape index (κ2) is 9.57. The van der Waals surface area contributed by atoms with Crippen molar-refractivity contribution in [1.29, 1.82) is 0 Å². The number of aliphatic imine (C=N–C) groups is 1. The van der Waals surface area contributed by atoms with Gasteiger partial charge in [0.25, 0.3) is 0 Å². The van der Waals surface area contributed by atoms with Crippen LogP contribution in [-0.4, -0.2) is 53.3 Å². The number of aliphatic carboxylic acids is 1. The monoisotopic (exact) mass is 445 g/mol. The van der Waals surface area contributed by atoms with E-state index in [0.717, 1.165) is 21.6 Å². The van der Waals surface area contributed by atoms with E-state index in [1.165, 1.54) is 0 Å². The van der Waals surface area contributed by atoms with Crippen molar-refractivity contribution in [3.63, 3.8) is 0 Å². The van der Waals surface area contributed by atoms with Crippen LogP contribution in [0.5, 0.6) is 0 Å². The van der Waals surface area contributed by atoms with E-state index >= 15 is 0 Å². The fourth-order valence-electron chi connectivity index (χ4n) is 2.45. The molecule has 0 radical (unpaired) electrons. The van der Waals surface area contributed by atoms with Gasteiger partial charge in [-0.3, -0.25) is 0 Å². The van der Waals surface area contributed by atoms with Gasteiger partial charge in [-0.05, 0) is 30.3 Å². The maximum atomic E-state index is 12.6. The second-order valence-corrected chi connectivity index (χ2v) is 6.39. The molecule has 0 spiro atoms. The lowest BCUT2D eigenvalue weighted by Gasteiger charge is -2.10. The molecular weight excluding hydrogens is 430 g/mol. The summed E-state index contributed by atoms with van der Waals surface area (Å²) in [6.45, 7) is 0.174. The Kier molecular flexibility index (Phi) is 7.38. The van der Waals surface area contributed by atoms with Crippen LogP contribution in [0.15, 0.2) is 53.5 Å². The van der Waals surface area contributed by atoms with Crippen LogP contribution >= 0.6 is 11.6 Å². The van der Waals surface area contributed by atoms with Crippen molar-refractivity contribution in [2.75, 3.05) is 13.6 Å². The molecule has 0 aromatic heterocycles. The standard InChI is InChI=1S/C16H14ClN3O.C3H2F4O2/c1-18-15-10-20(21)16(11-5-3-2-4-6-11)13-9-12(17)7-8-14(13)19-15;4-1(5)3(6,7)2(8)9/h2-9H,10H2,1H3,(H,18,19);1H,(H,8,9). The zero-order chi connectivity index (χ0) is 22.5. The van der Waals surface area contributed by atoms with Crippen LogP contribution in [0.2, 0.25) is 5.02 Å². The maximum Gasteiger partial charge on any atom is 0.401 e. The maximum absolute atomic E-state index is 12.6. The summed E-state index contributed by atoms with van der Waals surface area (Å²) in [5, 5.41) is 23.5. The summed E-state index contributed by atoms with van der Waals surface area (Å²) in [4.78, 5) is 13.7. The number of carboxylic acids is 1. The number of nitrogens with one attached hydrogen (secondary N) is 1. The minimum Gasteiger partial charge on any atom is -0.623 e. The highest BCUT2D eigenvalue weighted by Gasteiger charge is 2.49. The van der Waals surface area contributed by atoms with Crippen LogP contribution in [0.1, 0.15) is 11.1 Å². The van der Waals surface area contributed by atoms with Crippen molar-refractivity contribution < 1.29 is 32.2 Å². The number of rotatable bonds is 3. The topological polar surface area (TPSA) is 87.8 Å². The number of halogens is 5. The van der Waals surface area contributed by atoms with E-state index in [9.17, 15) is 27.6 Å². The zero-order valence-corrected chi connectivity index (χ0v) is 16.2. The van der Waals surface area contributed by atoms with Crippen LogP contribution in [0, 0.1) is 5.21 Å². The van der Waals surface area contributed by atoms with Gasteiger partial charge in [-0.15, -0.1) is 0 Å². The molecule has 0 unspecified atom stereocenters. The van der Waals surface area contributed by atoms with Gasteiger partial charge in [-0.1, -0.05) is 29.8 Å². The summed E-state index contributed by atoms with van der Waals surface area (Å²) in [6.07, 6.45) is -4.14. The third kappa shape index (κ3) is 5.26. The van der Waals surface area contributed by atoms with Gasteiger partial charge in [-0.2, -0.15) is 13.5 Å². The molecule has 0 atom stereocenters. The number of alkyl halides is 4. The van der Waals surface area contributed by atoms with E-state index in [2.05, 4.69) is 10.3 Å². The van der Waals surface area contributed by atoms with Gasteiger partial charge in [0, 0.05) is 17.6 Å². The third-order valence-electron chi connectivity index (χ3n) is 3.91. The number of carbonyl (C=O) groups is 1. The van der Waals surface area contributed by atoms with E-state index < -0.39 is 18.3 Å². The molecule has 0 saturated heterocycles. The van der Waals surface area contributed by atoms with Crippen molar-refractivity contribution in [2.24, 2.45) is 4.99 Å². The summed E-state index contributed by atoms with van der Waals surface area (Å²) in [7, 11) is 1.76. The molecular formula is C19H16ClF4N3O3. The van der Waals surface area contributed by atoms with Gasteiger partial charge in [0.1, 0.15) is 0 Å². The Morgan fingerprint density at radius 3 is 2.40 bits per heavy atom. The third-order valence-corrected chi connectivity index (χ3v) is 4.14. The van der Waals surface area contributed by atoms with Gasteiger partial charge in [-0.25, -0.2) is 18.6 Å². The van der Waals surface area contributed by atoms with E-state index in [0.29, 0.717) is 16.6 Å². The Bertz CT molecular complexity index is 982. The number of carboxylic acid groups (broad SMARTS) is 1. The molecule has 160 valence electrons. The van der Waals surface area contributed by atoms with Crippen LogP contribution < -0.4 is 5.32 Å². The van der Waals surface area contributed by atoms with Crippen molar-refractivity contribution in [2.45, 2.75) is 12.3 Å². The SMILES string of the molecule is CNC1=Nc2ccc(Cl)cc2C(c2ccccc2)=[N+]([O-])C1.O=C(O)C(F)(F)C(F)F. The second-order valence-electron chi connectivity index (χ2n) is 5.95. The molecule has 1 aliphatic heterocycles. The lowest BCUT2D eigenvalue weighted by atomic mass is 10.0. The summed E-state index contributed by atoms with van der Waals surface area (Å²) < 4.78 is 45.5.